The molecule has 114 valence electrons. The average Bonchev–Trinajstić information content (AvgIpc) is 2.89. The molecule has 1 aliphatic rings. The van der Waals surface area contributed by atoms with Gasteiger partial charge in [-0.3, -0.25) is 4.79 Å². The minimum Gasteiger partial charge on any atom is -0.367 e. The van der Waals surface area contributed by atoms with Crippen molar-refractivity contribution in [3.8, 4) is 0 Å². The van der Waals surface area contributed by atoms with Gasteiger partial charge in [0, 0.05) is 30.5 Å². The van der Waals surface area contributed by atoms with Crippen LogP contribution in [0.1, 0.15) is 23.7 Å². The van der Waals surface area contributed by atoms with E-state index in [0.29, 0.717) is 11.6 Å². The fourth-order valence-electron chi connectivity index (χ4n) is 2.89. The zero-order valence-electron chi connectivity index (χ0n) is 12.4. The second-order valence-corrected chi connectivity index (χ2v) is 5.61. The van der Waals surface area contributed by atoms with Crippen molar-refractivity contribution >= 4 is 11.6 Å². The van der Waals surface area contributed by atoms with E-state index < -0.39 is 5.95 Å². The van der Waals surface area contributed by atoms with Crippen molar-refractivity contribution in [2.45, 2.75) is 25.4 Å². The summed E-state index contributed by atoms with van der Waals surface area (Å²) in [6, 6.07) is 13.2. The van der Waals surface area contributed by atoms with Gasteiger partial charge in [-0.25, -0.2) is 4.98 Å². The molecule has 1 aliphatic heterocycles. The Balaban J connectivity index is 1.65. The van der Waals surface area contributed by atoms with Crippen molar-refractivity contribution in [1.82, 2.24) is 10.3 Å². The first-order valence-corrected chi connectivity index (χ1v) is 7.37. The molecule has 2 atom stereocenters. The number of pyridine rings is 1. The number of hydrogen-bond donors (Lipinski definition) is 1. The van der Waals surface area contributed by atoms with E-state index in [1.54, 1.807) is 0 Å². The molecule has 0 bridgehead atoms. The summed E-state index contributed by atoms with van der Waals surface area (Å²) in [5.41, 5.74) is 1.54. The standard InChI is InChI=1S/C17H18FN3O/c1-12-9-14(11-21(12)15-5-3-2-4-6-15)20-17(22)13-7-8-16(18)19-10-13/h2-8,10,12,14H,9,11H2,1H3,(H,20,22)/t12-,14-/m1/s1. The molecule has 1 aromatic heterocycles. The second kappa shape index (κ2) is 6.13. The van der Waals surface area contributed by atoms with Crippen molar-refractivity contribution < 1.29 is 9.18 Å². The van der Waals surface area contributed by atoms with E-state index in [4.69, 9.17) is 0 Å². The van der Waals surface area contributed by atoms with Crippen LogP contribution in [-0.4, -0.2) is 29.5 Å². The lowest BCUT2D eigenvalue weighted by Crippen LogP contribution is -2.37. The summed E-state index contributed by atoms with van der Waals surface area (Å²) in [5.74, 6) is -0.791. The molecular weight excluding hydrogens is 281 g/mol. The van der Waals surface area contributed by atoms with E-state index in [9.17, 15) is 9.18 Å². The van der Waals surface area contributed by atoms with Gasteiger partial charge in [0.15, 0.2) is 0 Å². The lowest BCUT2D eigenvalue weighted by molar-refractivity contribution is 0.0939. The lowest BCUT2D eigenvalue weighted by Gasteiger charge is -2.23. The number of carbonyl (C=O) groups excluding carboxylic acids is 1. The molecule has 0 unspecified atom stereocenters. The van der Waals surface area contributed by atoms with Gasteiger partial charge in [0.1, 0.15) is 0 Å². The maximum absolute atomic E-state index is 12.8. The number of nitrogens with zero attached hydrogens (tertiary/aromatic N) is 2. The van der Waals surface area contributed by atoms with Gasteiger partial charge in [-0.1, -0.05) is 18.2 Å². The maximum Gasteiger partial charge on any atom is 0.253 e. The molecular formula is C17H18FN3O. The summed E-state index contributed by atoms with van der Waals surface area (Å²) in [7, 11) is 0. The molecule has 5 heteroatoms. The first-order chi connectivity index (χ1) is 10.6. The summed E-state index contributed by atoms with van der Waals surface area (Å²) >= 11 is 0. The van der Waals surface area contributed by atoms with Crippen LogP contribution in [-0.2, 0) is 0 Å². The van der Waals surface area contributed by atoms with E-state index in [-0.39, 0.29) is 11.9 Å². The Bertz CT molecular complexity index is 645. The summed E-state index contributed by atoms with van der Waals surface area (Å²) in [4.78, 5) is 18.0. The van der Waals surface area contributed by atoms with E-state index in [0.717, 1.165) is 18.7 Å². The van der Waals surface area contributed by atoms with Crippen molar-refractivity contribution in [2.75, 3.05) is 11.4 Å². The Labute approximate surface area is 129 Å². The fourth-order valence-corrected chi connectivity index (χ4v) is 2.89. The van der Waals surface area contributed by atoms with Gasteiger partial charge in [0.25, 0.3) is 5.91 Å². The molecule has 2 aromatic rings. The Morgan fingerprint density at radius 2 is 2.05 bits per heavy atom. The summed E-state index contributed by atoms with van der Waals surface area (Å²) < 4.78 is 12.8. The van der Waals surface area contributed by atoms with E-state index in [1.807, 2.05) is 18.2 Å². The quantitative estimate of drug-likeness (QED) is 0.886. The van der Waals surface area contributed by atoms with Crippen LogP contribution in [0, 0.1) is 5.95 Å². The van der Waals surface area contributed by atoms with Gasteiger partial charge < -0.3 is 10.2 Å². The van der Waals surface area contributed by atoms with Gasteiger partial charge >= 0.3 is 0 Å². The predicted octanol–water partition coefficient (Wildman–Crippen LogP) is 2.62. The largest absolute Gasteiger partial charge is 0.367 e. The number of benzene rings is 1. The Morgan fingerprint density at radius 1 is 1.27 bits per heavy atom. The Kier molecular flexibility index (Phi) is 4.04. The molecule has 0 aliphatic carbocycles. The van der Waals surface area contributed by atoms with Crippen molar-refractivity contribution in [1.29, 1.82) is 0 Å². The van der Waals surface area contributed by atoms with Gasteiger partial charge in [-0.05, 0) is 37.6 Å². The topological polar surface area (TPSA) is 45.2 Å². The third kappa shape index (κ3) is 3.08. The van der Waals surface area contributed by atoms with Crippen LogP contribution in [0.15, 0.2) is 48.7 Å². The maximum atomic E-state index is 12.8. The molecule has 0 spiro atoms. The van der Waals surface area contributed by atoms with Gasteiger partial charge in [0.2, 0.25) is 5.95 Å². The smallest absolute Gasteiger partial charge is 0.253 e. The third-order valence-corrected chi connectivity index (χ3v) is 3.99. The van der Waals surface area contributed by atoms with Gasteiger partial charge in [-0.15, -0.1) is 0 Å². The zero-order chi connectivity index (χ0) is 15.5. The highest BCUT2D eigenvalue weighted by molar-refractivity contribution is 5.94. The molecule has 2 heterocycles. The van der Waals surface area contributed by atoms with Crippen LogP contribution in [0.3, 0.4) is 0 Å². The summed E-state index contributed by atoms with van der Waals surface area (Å²) in [6.45, 7) is 2.92. The van der Waals surface area contributed by atoms with Crippen LogP contribution >= 0.6 is 0 Å². The number of nitrogens with one attached hydrogen (secondary N) is 1. The average molecular weight is 299 g/mol. The van der Waals surface area contributed by atoms with Crippen LogP contribution < -0.4 is 10.2 Å². The number of carbonyl (C=O) groups is 1. The minimum atomic E-state index is -0.582. The molecule has 1 N–H and O–H groups in total. The Morgan fingerprint density at radius 3 is 2.73 bits per heavy atom. The Hall–Kier alpha value is -2.43. The van der Waals surface area contributed by atoms with Crippen molar-refractivity contribution in [2.24, 2.45) is 0 Å². The highest BCUT2D eigenvalue weighted by atomic mass is 19.1. The summed E-state index contributed by atoms with van der Waals surface area (Å²) in [6.07, 6.45) is 2.15. The molecule has 22 heavy (non-hydrogen) atoms. The molecule has 1 fully saturated rings. The first kappa shape index (κ1) is 14.5. The number of amides is 1. The normalized spacial score (nSPS) is 20.9. The number of para-hydroxylation sites is 1. The van der Waals surface area contributed by atoms with Crippen LogP contribution in [0.2, 0.25) is 0 Å². The number of halogens is 1. The van der Waals surface area contributed by atoms with E-state index >= 15 is 0 Å². The van der Waals surface area contributed by atoms with Crippen LogP contribution in [0.5, 0.6) is 0 Å². The monoisotopic (exact) mass is 299 g/mol. The number of hydrogen-bond acceptors (Lipinski definition) is 3. The van der Waals surface area contributed by atoms with Gasteiger partial charge in [0.05, 0.1) is 5.56 Å². The minimum absolute atomic E-state index is 0.0766. The van der Waals surface area contributed by atoms with E-state index in [2.05, 4.69) is 34.3 Å². The third-order valence-electron chi connectivity index (χ3n) is 3.99. The van der Waals surface area contributed by atoms with Crippen LogP contribution in [0.4, 0.5) is 10.1 Å². The highest BCUT2D eigenvalue weighted by Gasteiger charge is 2.30. The zero-order valence-corrected chi connectivity index (χ0v) is 12.4. The van der Waals surface area contributed by atoms with Gasteiger partial charge in [-0.2, -0.15) is 4.39 Å². The second-order valence-electron chi connectivity index (χ2n) is 5.61. The number of aromatic nitrogens is 1. The predicted molar refractivity (Wildman–Crippen MR) is 83.3 cm³/mol. The number of anilines is 1. The molecule has 3 rings (SSSR count). The highest BCUT2D eigenvalue weighted by Crippen LogP contribution is 2.25. The molecule has 1 aromatic carbocycles. The van der Waals surface area contributed by atoms with Crippen molar-refractivity contribution in [3.63, 3.8) is 0 Å². The van der Waals surface area contributed by atoms with Crippen molar-refractivity contribution in [3.05, 3.63) is 60.2 Å². The lowest BCUT2D eigenvalue weighted by atomic mass is 10.1. The van der Waals surface area contributed by atoms with E-state index in [1.165, 1.54) is 18.3 Å². The molecule has 1 saturated heterocycles. The summed E-state index contributed by atoms with van der Waals surface area (Å²) in [5, 5.41) is 3.00. The van der Waals surface area contributed by atoms with Crippen LogP contribution in [0.25, 0.3) is 0 Å². The number of rotatable bonds is 3. The molecule has 1 amide bonds. The molecule has 0 radical (unpaired) electrons. The first-order valence-electron chi connectivity index (χ1n) is 7.37. The molecule has 0 saturated carbocycles. The fraction of sp³-hybridized carbons (Fsp3) is 0.294. The SMILES string of the molecule is C[C@@H]1C[C@@H](NC(=O)c2ccc(F)nc2)CN1c1ccccc1. The molecule has 4 nitrogen and oxygen atoms in total.